The van der Waals surface area contributed by atoms with Crippen LogP contribution in [-0.2, 0) is 16.4 Å². The molecule has 4 nitrogen and oxygen atoms in total. The van der Waals surface area contributed by atoms with Crippen molar-refractivity contribution >= 4 is 5.91 Å². The SMILES string of the molecule is CC(C)(C(=O)NC1CC2(C1)C[C@@H]2N)c1cccc(C(F)(F)F)n1. The summed E-state index contributed by atoms with van der Waals surface area (Å²) in [6.07, 6.45) is -1.82. The van der Waals surface area contributed by atoms with Crippen LogP contribution in [-0.4, -0.2) is 23.0 Å². The summed E-state index contributed by atoms with van der Waals surface area (Å²) < 4.78 is 38.4. The van der Waals surface area contributed by atoms with E-state index in [2.05, 4.69) is 10.3 Å². The number of carbonyl (C=O) groups excluding carboxylic acids is 1. The molecule has 1 heterocycles. The van der Waals surface area contributed by atoms with Crippen LogP contribution in [0.15, 0.2) is 18.2 Å². The van der Waals surface area contributed by atoms with Crippen molar-refractivity contribution in [2.45, 2.75) is 56.8 Å². The quantitative estimate of drug-likeness (QED) is 0.895. The maximum atomic E-state index is 12.8. The first-order chi connectivity index (χ1) is 10.5. The molecule has 1 atom stereocenters. The fraction of sp³-hybridized carbons (Fsp3) is 0.625. The molecule has 0 saturated heterocycles. The Hall–Kier alpha value is -1.63. The van der Waals surface area contributed by atoms with Crippen molar-refractivity contribution in [2.75, 3.05) is 0 Å². The maximum Gasteiger partial charge on any atom is 0.433 e. The summed E-state index contributed by atoms with van der Waals surface area (Å²) in [6, 6.07) is 3.92. The Bertz CT molecular complexity index is 636. The Morgan fingerprint density at radius 1 is 1.26 bits per heavy atom. The van der Waals surface area contributed by atoms with Gasteiger partial charge < -0.3 is 11.1 Å². The number of nitrogens with two attached hydrogens (primary N) is 1. The number of halogens is 3. The molecule has 3 N–H and O–H groups in total. The third-order valence-corrected chi connectivity index (χ3v) is 5.14. The number of nitrogens with one attached hydrogen (secondary N) is 1. The van der Waals surface area contributed by atoms with Crippen molar-refractivity contribution in [3.05, 3.63) is 29.6 Å². The van der Waals surface area contributed by atoms with Gasteiger partial charge in [0.15, 0.2) is 0 Å². The Morgan fingerprint density at radius 3 is 2.35 bits per heavy atom. The second-order valence-electron chi connectivity index (χ2n) is 7.28. The number of nitrogens with zero attached hydrogens (tertiary/aromatic N) is 1. The fourth-order valence-corrected chi connectivity index (χ4v) is 3.29. The highest BCUT2D eigenvalue weighted by atomic mass is 19.4. The number of aromatic nitrogens is 1. The van der Waals surface area contributed by atoms with Gasteiger partial charge in [0.25, 0.3) is 0 Å². The van der Waals surface area contributed by atoms with E-state index in [1.807, 2.05) is 0 Å². The number of hydrogen-bond acceptors (Lipinski definition) is 3. The third kappa shape index (κ3) is 2.82. The summed E-state index contributed by atoms with van der Waals surface area (Å²) >= 11 is 0. The van der Waals surface area contributed by atoms with Gasteiger partial charge in [-0.2, -0.15) is 13.2 Å². The monoisotopic (exact) mass is 327 g/mol. The smallest absolute Gasteiger partial charge is 0.353 e. The Balaban J connectivity index is 1.69. The van der Waals surface area contributed by atoms with Crippen LogP contribution in [0.3, 0.4) is 0 Å². The highest BCUT2D eigenvalue weighted by Crippen LogP contribution is 2.59. The van der Waals surface area contributed by atoms with Gasteiger partial charge >= 0.3 is 6.18 Å². The molecule has 0 bridgehead atoms. The van der Waals surface area contributed by atoms with E-state index in [0.29, 0.717) is 0 Å². The Morgan fingerprint density at radius 2 is 1.83 bits per heavy atom. The zero-order chi connectivity index (χ0) is 17.0. The molecule has 1 spiro atoms. The lowest BCUT2D eigenvalue weighted by molar-refractivity contribution is -0.141. The molecule has 2 saturated carbocycles. The van der Waals surface area contributed by atoms with Crippen molar-refractivity contribution in [2.24, 2.45) is 11.1 Å². The average molecular weight is 327 g/mol. The van der Waals surface area contributed by atoms with Crippen LogP contribution in [0.5, 0.6) is 0 Å². The lowest BCUT2D eigenvalue weighted by Gasteiger charge is -2.38. The molecule has 1 aromatic heterocycles. The van der Waals surface area contributed by atoms with E-state index in [4.69, 9.17) is 5.73 Å². The predicted molar refractivity (Wildman–Crippen MR) is 78.5 cm³/mol. The van der Waals surface area contributed by atoms with Crippen molar-refractivity contribution < 1.29 is 18.0 Å². The van der Waals surface area contributed by atoms with E-state index in [9.17, 15) is 18.0 Å². The van der Waals surface area contributed by atoms with Crippen LogP contribution in [0.1, 0.15) is 44.5 Å². The fourth-order valence-electron chi connectivity index (χ4n) is 3.29. The molecule has 126 valence electrons. The van der Waals surface area contributed by atoms with Gasteiger partial charge in [0.1, 0.15) is 5.69 Å². The van der Waals surface area contributed by atoms with Gasteiger partial charge in [0.05, 0.1) is 11.1 Å². The first-order valence-electron chi connectivity index (χ1n) is 7.66. The maximum absolute atomic E-state index is 12.8. The topological polar surface area (TPSA) is 68.0 Å². The van der Waals surface area contributed by atoms with Crippen LogP contribution in [0, 0.1) is 5.41 Å². The molecule has 1 aromatic rings. The van der Waals surface area contributed by atoms with Gasteiger partial charge in [-0.15, -0.1) is 0 Å². The summed E-state index contributed by atoms with van der Waals surface area (Å²) in [6.45, 7) is 3.17. The molecule has 0 aromatic carbocycles. The number of amides is 1. The van der Waals surface area contributed by atoms with Gasteiger partial charge in [0, 0.05) is 12.1 Å². The van der Waals surface area contributed by atoms with Gasteiger partial charge in [-0.05, 0) is 50.7 Å². The number of carbonyl (C=O) groups is 1. The van der Waals surface area contributed by atoms with Crippen molar-refractivity contribution in [3.63, 3.8) is 0 Å². The van der Waals surface area contributed by atoms with Gasteiger partial charge in [0.2, 0.25) is 5.91 Å². The van der Waals surface area contributed by atoms with Crippen molar-refractivity contribution in [3.8, 4) is 0 Å². The summed E-state index contributed by atoms with van der Waals surface area (Å²) in [7, 11) is 0. The van der Waals surface area contributed by atoms with E-state index in [0.717, 1.165) is 25.3 Å². The largest absolute Gasteiger partial charge is 0.433 e. The molecule has 3 rings (SSSR count). The zero-order valence-corrected chi connectivity index (χ0v) is 13.1. The standard InChI is InChI=1S/C16H20F3N3O/c1-14(2,11-4-3-5-12(22-11)16(17,18)19)13(23)21-9-6-15(7-9)8-10(15)20/h3-5,9-10H,6-8,20H2,1-2H3,(H,21,23)/t9?,10-,15?/m0/s1. The lowest BCUT2D eigenvalue weighted by Crippen LogP contribution is -2.52. The minimum absolute atomic E-state index is 0.0566. The van der Waals surface area contributed by atoms with Gasteiger partial charge in [-0.3, -0.25) is 4.79 Å². The lowest BCUT2D eigenvalue weighted by atomic mass is 9.75. The molecule has 1 amide bonds. The Kier molecular flexibility index (Phi) is 3.48. The first kappa shape index (κ1) is 16.2. The highest BCUT2D eigenvalue weighted by Gasteiger charge is 2.60. The summed E-state index contributed by atoms with van der Waals surface area (Å²) in [5.41, 5.74) is 4.07. The van der Waals surface area contributed by atoms with Crippen LogP contribution in [0.25, 0.3) is 0 Å². The number of hydrogen-bond donors (Lipinski definition) is 2. The summed E-state index contributed by atoms with van der Waals surface area (Å²) in [4.78, 5) is 16.1. The number of rotatable bonds is 3. The van der Waals surface area contributed by atoms with Gasteiger partial charge in [-0.1, -0.05) is 6.07 Å². The molecule has 7 heteroatoms. The normalized spacial score (nSPS) is 30.0. The van der Waals surface area contributed by atoms with Crippen LogP contribution >= 0.6 is 0 Å². The molecule has 0 aliphatic heterocycles. The molecule has 23 heavy (non-hydrogen) atoms. The second-order valence-corrected chi connectivity index (χ2v) is 7.28. The first-order valence-corrected chi connectivity index (χ1v) is 7.66. The van der Waals surface area contributed by atoms with Crippen molar-refractivity contribution in [1.29, 1.82) is 0 Å². The summed E-state index contributed by atoms with van der Waals surface area (Å²) in [5, 5.41) is 2.91. The van der Waals surface area contributed by atoms with E-state index in [1.54, 1.807) is 13.8 Å². The Labute approximate surface area is 132 Å². The molecule has 0 radical (unpaired) electrons. The minimum atomic E-state index is -4.52. The minimum Gasteiger partial charge on any atom is -0.353 e. The van der Waals surface area contributed by atoms with E-state index < -0.39 is 17.3 Å². The van der Waals surface area contributed by atoms with Crippen LogP contribution in [0.2, 0.25) is 0 Å². The summed E-state index contributed by atoms with van der Waals surface area (Å²) in [5.74, 6) is -0.307. The molecular formula is C16H20F3N3O. The second kappa shape index (κ2) is 4.93. The number of alkyl halides is 3. The van der Waals surface area contributed by atoms with E-state index >= 15 is 0 Å². The zero-order valence-electron chi connectivity index (χ0n) is 13.1. The van der Waals surface area contributed by atoms with Crippen LogP contribution in [0.4, 0.5) is 13.2 Å². The van der Waals surface area contributed by atoms with Crippen LogP contribution < -0.4 is 11.1 Å². The molecule has 2 fully saturated rings. The molecule has 2 aliphatic rings. The molecule has 2 aliphatic carbocycles. The van der Waals surface area contributed by atoms with E-state index in [1.165, 1.54) is 12.1 Å². The van der Waals surface area contributed by atoms with E-state index in [-0.39, 0.29) is 29.1 Å². The molecule has 0 unspecified atom stereocenters. The van der Waals surface area contributed by atoms with Crippen molar-refractivity contribution in [1.82, 2.24) is 10.3 Å². The average Bonchev–Trinajstić information content (AvgIpc) is 3.09. The predicted octanol–water partition coefficient (Wildman–Crippen LogP) is 2.37. The highest BCUT2D eigenvalue weighted by molar-refractivity contribution is 5.87. The third-order valence-electron chi connectivity index (χ3n) is 5.14. The van der Waals surface area contributed by atoms with Gasteiger partial charge in [-0.25, -0.2) is 4.98 Å². The number of pyridine rings is 1. The molecular weight excluding hydrogens is 307 g/mol.